The molecule has 0 saturated carbocycles. The molecule has 2 rings (SSSR count). The van der Waals surface area contributed by atoms with Crippen molar-refractivity contribution in [1.29, 1.82) is 0 Å². The van der Waals surface area contributed by atoms with E-state index in [-0.39, 0.29) is 33.4 Å². The van der Waals surface area contributed by atoms with Gasteiger partial charge < -0.3 is 10.1 Å². The van der Waals surface area contributed by atoms with E-state index in [1.165, 1.54) is 31.4 Å². The number of hydrogen-bond donors (Lipinski definition) is 1. The molecular weight excluding hydrogens is 342 g/mol. The number of benzene rings is 2. The number of nitro groups is 2. The average Bonchev–Trinajstić information content (AvgIpc) is 2.55. The Morgan fingerprint density at radius 2 is 1.83 bits per heavy atom. The van der Waals surface area contributed by atoms with Crippen molar-refractivity contribution in [1.82, 2.24) is 0 Å². The van der Waals surface area contributed by atoms with Crippen LogP contribution in [0, 0.1) is 20.2 Å². The summed E-state index contributed by atoms with van der Waals surface area (Å²) in [7, 11) is 1.28. The number of hydrogen-bond acceptors (Lipinski definition) is 6. The predicted molar refractivity (Wildman–Crippen MR) is 85.7 cm³/mol. The third kappa shape index (κ3) is 3.58. The van der Waals surface area contributed by atoms with Crippen molar-refractivity contribution in [2.24, 2.45) is 0 Å². The minimum Gasteiger partial charge on any atom is -0.490 e. The summed E-state index contributed by atoms with van der Waals surface area (Å²) in [5, 5.41) is 24.0. The number of methoxy groups -OCH3 is 1. The van der Waals surface area contributed by atoms with Crippen molar-refractivity contribution in [2.75, 3.05) is 12.4 Å². The number of halogens is 1. The van der Waals surface area contributed by atoms with Crippen LogP contribution in [-0.2, 0) is 0 Å². The first-order chi connectivity index (χ1) is 11.3. The average molecular weight is 352 g/mol. The molecule has 124 valence electrons. The van der Waals surface area contributed by atoms with Gasteiger partial charge in [-0.1, -0.05) is 11.6 Å². The molecule has 0 aliphatic heterocycles. The maximum Gasteiger partial charge on any atom is 0.311 e. The van der Waals surface area contributed by atoms with Crippen molar-refractivity contribution in [3.05, 3.63) is 67.2 Å². The van der Waals surface area contributed by atoms with Crippen molar-refractivity contribution in [2.45, 2.75) is 0 Å². The quantitative estimate of drug-likeness (QED) is 0.650. The van der Waals surface area contributed by atoms with Crippen molar-refractivity contribution in [3.63, 3.8) is 0 Å². The highest BCUT2D eigenvalue weighted by Crippen LogP contribution is 2.29. The number of amides is 1. The Kier molecular flexibility index (Phi) is 4.95. The molecule has 0 aliphatic carbocycles. The van der Waals surface area contributed by atoms with Crippen LogP contribution >= 0.6 is 11.6 Å². The third-order valence-electron chi connectivity index (χ3n) is 3.05. The smallest absolute Gasteiger partial charge is 0.311 e. The molecule has 1 amide bonds. The summed E-state index contributed by atoms with van der Waals surface area (Å²) >= 11 is 5.89. The van der Waals surface area contributed by atoms with Crippen molar-refractivity contribution >= 4 is 34.6 Å². The highest BCUT2D eigenvalue weighted by Gasteiger charge is 2.19. The lowest BCUT2D eigenvalue weighted by atomic mass is 10.1. The summed E-state index contributed by atoms with van der Waals surface area (Å²) in [5.41, 5.74) is -0.430. The Bertz CT molecular complexity index is 839. The number of nitro benzene ring substituents is 2. The monoisotopic (exact) mass is 351 g/mol. The molecule has 0 radical (unpaired) electrons. The van der Waals surface area contributed by atoms with Crippen molar-refractivity contribution in [3.8, 4) is 5.75 Å². The van der Waals surface area contributed by atoms with Gasteiger partial charge in [-0.25, -0.2) is 0 Å². The van der Waals surface area contributed by atoms with Crippen LogP contribution in [0.1, 0.15) is 10.4 Å². The maximum atomic E-state index is 12.2. The molecule has 0 unspecified atom stereocenters. The first-order valence-electron chi connectivity index (χ1n) is 6.41. The number of non-ortho nitro benzene ring substituents is 1. The van der Waals surface area contributed by atoms with E-state index in [1.54, 1.807) is 0 Å². The van der Waals surface area contributed by atoms with E-state index in [1.807, 2.05) is 0 Å². The molecule has 0 spiro atoms. The molecule has 0 aliphatic rings. The van der Waals surface area contributed by atoms with Crippen LogP contribution in [0.4, 0.5) is 17.1 Å². The number of nitrogens with zero attached hydrogens (tertiary/aromatic N) is 2. The normalized spacial score (nSPS) is 10.1. The molecule has 1 N–H and O–H groups in total. The summed E-state index contributed by atoms with van der Waals surface area (Å²) in [4.78, 5) is 32.5. The fourth-order valence-corrected chi connectivity index (χ4v) is 2.11. The second kappa shape index (κ2) is 6.92. The van der Waals surface area contributed by atoms with Crippen LogP contribution in [0.3, 0.4) is 0 Å². The molecule has 24 heavy (non-hydrogen) atoms. The summed E-state index contributed by atoms with van der Waals surface area (Å²) in [6.07, 6.45) is 0. The van der Waals surface area contributed by atoms with Crippen molar-refractivity contribution < 1.29 is 19.4 Å². The number of rotatable bonds is 5. The Labute approximate surface area is 140 Å². The maximum absolute atomic E-state index is 12.2. The SMILES string of the molecule is COc1ccc(C(=O)Nc2ccc([N+](=O)[O-])cc2Cl)cc1[N+](=O)[O-]. The topological polar surface area (TPSA) is 125 Å². The van der Waals surface area contributed by atoms with E-state index in [9.17, 15) is 25.0 Å². The van der Waals surface area contributed by atoms with Crippen LogP contribution in [0.2, 0.25) is 5.02 Å². The van der Waals surface area contributed by atoms with E-state index in [0.717, 1.165) is 12.1 Å². The molecule has 9 nitrogen and oxygen atoms in total. The van der Waals surface area contributed by atoms with Gasteiger partial charge in [0.25, 0.3) is 11.6 Å². The van der Waals surface area contributed by atoms with Gasteiger partial charge in [0.1, 0.15) is 0 Å². The fraction of sp³-hybridized carbons (Fsp3) is 0.0714. The molecule has 0 aromatic heterocycles. The molecule has 0 heterocycles. The highest BCUT2D eigenvalue weighted by molar-refractivity contribution is 6.34. The first kappa shape index (κ1) is 17.2. The molecule has 0 saturated heterocycles. The molecule has 0 atom stereocenters. The second-order valence-electron chi connectivity index (χ2n) is 4.52. The van der Waals surface area contributed by atoms with Gasteiger partial charge in [-0.3, -0.25) is 25.0 Å². The number of nitrogens with one attached hydrogen (secondary N) is 1. The van der Waals surface area contributed by atoms with Gasteiger partial charge in [-0.05, 0) is 18.2 Å². The van der Waals surface area contributed by atoms with Gasteiger partial charge in [-0.2, -0.15) is 0 Å². The Morgan fingerprint density at radius 1 is 1.12 bits per heavy atom. The lowest BCUT2D eigenvalue weighted by molar-refractivity contribution is -0.385. The van der Waals surface area contributed by atoms with Crippen LogP contribution in [0.25, 0.3) is 0 Å². The van der Waals surface area contributed by atoms with E-state index in [2.05, 4.69) is 5.32 Å². The Balaban J connectivity index is 2.29. The Hall–Kier alpha value is -3.20. The van der Waals surface area contributed by atoms with Crippen LogP contribution in [-0.4, -0.2) is 22.9 Å². The minimum atomic E-state index is -0.672. The first-order valence-corrected chi connectivity index (χ1v) is 6.79. The molecule has 2 aromatic carbocycles. The molecule has 0 fully saturated rings. The number of anilines is 1. The molecule has 10 heteroatoms. The minimum absolute atomic E-state index is 0.0110. The zero-order valence-electron chi connectivity index (χ0n) is 12.2. The van der Waals surface area contributed by atoms with Gasteiger partial charge in [-0.15, -0.1) is 0 Å². The van der Waals surface area contributed by atoms with E-state index in [4.69, 9.17) is 16.3 Å². The zero-order chi connectivity index (χ0) is 17.9. The van der Waals surface area contributed by atoms with Gasteiger partial charge >= 0.3 is 5.69 Å². The second-order valence-corrected chi connectivity index (χ2v) is 4.93. The van der Waals surface area contributed by atoms with Crippen LogP contribution in [0.5, 0.6) is 5.75 Å². The number of carbonyl (C=O) groups is 1. The standard InChI is InChI=1S/C14H10ClN3O6/c1-24-13-5-2-8(6-12(13)18(22)23)14(19)16-11-4-3-9(17(20)21)7-10(11)15/h2-7H,1H3,(H,16,19). The summed E-state index contributed by atoms with van der Waals surface area (Å²) in [5.74, 6) is -0.638. The molecule has 0 bridgehead atoms. The van der Waals surface area contributed by atoms with Gasteiger partial charge in [0.2, 0.25) is 0 Å². The summed E-state index contributed by atoms with van der Waals surface area (Å²) in [6, 6.07) is 7.25. The lowest BCUT2D eigenvalue weighted by Crippen LogP contribution is -2.12. The lowest BCUT2D eigenvalue weighted by Gasteiger charge is -2.08. The van der Waals surface area contributed by atoms with E-state index in [0.29, 0.717) is 0 Å². The fourth-order valence-electron chi connectivity index (χ4n) is 1.89. The third-order valence-corrected chi connectivity index (χ3v) is 3.36. The zero-order valence-corrected chi connectivity index (χ0v) is 12.9. The van der Waals surface area contributed by atoms with E-state index < -0.39 is 15.8 Å². The molecular formula is C14H10ClN3O6. The summed E-state index contributed by atoms with van der Waals surface area (Å²) in [6.45, 7) is 0. The van der Waals surface area contributed by atoms with Crippen LogP contribution < -0.4 is 10.1 Å². The highest BCUT2D eigenvalue weighted by atomic mass is 35.5. The van der Waals surface area contributed by atoms with Gasteiger partial charge in [0.05, 0.1) is 27.7 Å². The Morgan fingerprint density at radius 3 is 2.38 bits per heavy atom. The van der Waals surface area contributed by atoms with Gasteiger partial charge in [0.15, 0.2) is 5.75 Å². The predicted octanol–water partition coefficient (Wildman–Crippen LogP) is 3.42. The van der Waals surface area contributed by atoms with Gasteiger partial charge in [0, 0.05) is 23.8 Å². The largest absolute Gasteiger partial charge is 0.490 e. The molecule has 2 aromatic rings. The summed E-state index contributed by atoms with van der Waals surface area (Å²) < 4.78 is 4.86. The van der Waals surface area contributed by atoms with Crippen LogP contribution in [0.15, 0.2) is 36.4 Å². The van der Waals surface area contributed by atoms with E-state index >= 15 is 0 Å². The number of carbonyl (C=O) groups excluding carboxylic acids is 1. The number of ether oxygens (including phenoxy) is 1.